The first-order chi connectivity index (χ1) is 7.54. The van der Waals surface area contributed by atoms with Gasteiger partial charge in [0.25, 0.3) is 0 Å². The van der Waals surface area contributed by atoms with E-state index in [9.17, 15) is 9.59 Å². The third-order valence-corrected chi connectivity index (χ3v) is 5.24. The lowest BCUT2D eigenvalue weighted by atomic mass is 10.1. The lowest BCUT2D eigenvalue weighted by Gasteiger charge is -2.31. The molecule has 3 atom stereocenters. The summed E-state index contributed by atoms with van der Waals surface area (Å²) in [4.78, 5) is 22.9. The molecule has 5 heteroatoms. The Balaban J connectivity index is 2.64. The molecule has 0 bridgehead atoms. The third-order valence-electron chi connectivity index (χ3n) is 2.41. The molecule has 3 nitrogen and oxygen atoms in total. The largest absolute Gasteiger partial charge is 0.465 e. The Bertz CT molecular complexity index is 268. The van der Waals surface area contributed by atoms with Gasteiger partial charge in [0.2, 0.25) is 0 Å². The normalized spacial score (nSPS) is 29.8. The highest BCUT2D eigenvalue weighted by Crippen LogP contribution is 2.38. The van der Waals surface area contributed by atoms with Gasteiger partial charge in [-0.3, -0.25) is 9.59 Å². The Morgan fingerprint density at radius 3 is 2.69 bits per heavy atom. The fourth-order valence-corrected chi connectivity index (χ4v) is 4.26. The topological polar surface area (TPSA) is 43.4 Å². The van der Waals surface area contributed by atoms with Gasteiger partial charge in [0, 0.05) is 17.4 Å². The third kappa shape index (κ3) is 4.01. The van der Waals surface area contributed by atoms with Crippen molar-refractivity contribution in [3.8, 4) is 0 Å². The molecule has 1 fully saturated rings. The molecule has 0 aromatic heterocycles. The molecular formula is C11H18O3S2. The number of carbonyl (C=O) groups excluding carboxylic acids is 2. The van der Waals surface area contributed by atoms with E-state index in [-0.39, 0.29) is 21.6 Å². The van der Waals surface area contributed by atoms with Gasteiger partial charge in [-0.05, 0) is 19.8 Å². The number of thioether (sulfide) groups is 2. The van der Waals surface area contributed by atoms with E-state index in [1.807, 2.05) is 6.92 Å². The zero-order valence-corrected chi connectivity index (χ0v) is 11.5. The van der Waals surface area contributed by atoms with Gasteiger partial charge in [-0.2, -0.15) is 0 Å². The van der Waals surface area contributed by atoms with Crippen LogP contribution in [0.4, 0.5) is 0 Å². The molecule has 16 heavy (non-hydrogen) atoms. The molecule has 0 aromatic rings. The second kappa shape index (κ2) is 6.55. The molecule has 1 rings (SSSR count). The SMILES string of the molecule is CCOC(=O)C1SC(C)CCC1SC(C)=O. The lowest BCUT2D eigenvalue weighted by Crippen LogP contribution is -2.36. The molecule has 1 heterocycles. The maximum atomic E-state index is 11.8. The summed E-state index contributed by atoms with van der Waals surface area (Å²) >= 11 is 2.92. The van der Waals surface area contributed by atoms with Gasteiger partial charge in [-0.25, -0.2) is 0 Å². The van der Waals surface area contributed by atoms with Gasteiger partial charge in [-0.1, -0.05) is 18.7 Å². The maximum Gasteiger partial charge on any atom is 0.320 e. The molecule has 0 radical (unpaired) electrons. The van der Waals surface area contributed by atoms with Crippen molar-refractivity contribution in [3.63, 3.8) is 0 Å². The first-order valence-corrected chi connectivity index (χ1v) is 7.36. The minimum atomic E-state index is -0.183. The van der Waals surface area contributed by atoms with Crippen molar-refractivity contribution in [2.24, 2.45) is 0 Å². The zero-order valence-electron chi connectivity index (χ0n) is 9.89. The quantitative estimate of drug-likeness (QED) is 0.731. The number of hydrogen-bond donors (Lipinski definition) is 0. The van der Waals surface area contributed by atoms with Gasteiger partial charge >= 0.3 is 5.97 Å². The molecule has 0 N–H and O–H groups in total. The van der Waals surface area contributed by atoms with Crippen LogP contribution in [-0.4, -0.2) is 33.4 Å². The van der Waals surface area contributed by atoms with Crippen LogP contribution >= 0.6 is 23.5 Å². The van der Waals surface area contributed by atoms with Crippen molar-refractivity contribution in [1.82, 2.24) is 0 Å². The number of ether oxygens (including phenoxy) is 1. The summed E-state index contributed by atoms with van der Waals surface area (Å²) in [6, 6.07) is 0. The van der Waals surface area contributed by atoms with E-state index in [1.165, 1.54) is 11.8 Å². The van der Waals surface area contributed by atoms with Crippen LogP contribution in [0.1, 0.15) is 33.6 Å². The first kappa shape index (κ1) is 13.9. The summed E-state index contributed by atoms with van der Waals surface area (Å²) in [5.41, 5.74) is 0. The fraction of sp³-hybridized carbons (Fsp3) is 0.818. The molecule has 0 spiro atoms. The van der Waals surface area contributed by atoms with Crippen LogP contribution in [0.3, 0.4) is 0 Å². The van der Waals surface area contributed by atoms with Gasteiger partial charge in [-0.15, -0.1) is 11.8 Å². The molecule has 0 aromatic carbocycles. The van der Waals surface area contributed by atoms with E-state index in [0.717, 1.165) is 12.8 Å². The van der Waals surface area contributed by atoms with Crippen LogP contribution in [0.5, 0.6) is 0 Å². The standard InChI is InChI=1S/C11H18O3S2/c1-4-14-11(13)10-9(16-8(3)12)6-5-7(2)15-10/h7,9-10H,4-6H2,1-3H3. The van der Waals surface area contributed by atoms with E-state index in [4.69, 9.17) is 4.74 Å². The Morgan fingerprint density at radius 2 is 2.12 bits per heavy atom. The molecule has 3 unspecified atom stereocenters. The van der Waals surface area contributed by atoms with Crippen LogP contribution in [0.2, 0.25) is 0 Å². The van der Waals surface area contributed by atoms with Gasteiger partial charge in [0.1, 0.15) is 5.25 Å². The Labute approximate surface area is 105 Å². The van der Waals surface area contributed by atoms with Crippen molar-refractivity contribution in [2.75, 3.05) is 6.61 Å². The average Bonchev–Trinajstić information content (AvgIpc) is 2.20. The minimum absolute atomic E-state index is 0.0782. The van der Waals surface area contributed by atoms with Gasteiger partial charge in [0.15, 0.2) is 5.12 Å². The highest BCUT2D eigenvalue weighted by Gasteiger charge is 2.36. The lowest BCUT2D eigenvalue weighted by molar-refractivity contribution is -0.142. The van der Waals surface area contributed by atoms with Crippen LogP contribution in [0.25, 0.3) is 0 Å². The minimum Gasteiger partial charge on any atom is -0.465 e. The van der Waals surface area contributed by atoms with Crippen molar-refractivity contribution in [3.05, 3.63) is 0 Å². The predicted molar refractivity (Wildman–Crippen MR) is 68.8 cm³/mol. The Hall–Kier alpha value is -0.160. The van der Waals surface area contributed by atoms with Crippen LogP contribution in [0.15, 0.2) is 0 Å². The molecule has 1 aliphatic heterocycles. The zero-order chi connectivity index (χ0) is 12.1. The summed E-state index contributed by atoms with van der Waals surface area (Å²) in [6.45, 7) is 5.88. The summed E-state index contributed by atoms with van der Waals surface area (Å²) in [7, 11) is 0. The summed E-state index contributed by atoms with van der Waals surface area (Å²) in [5.74, 6) is -0.169. The van der Waals surface area contributed by atoms with E-state index < -0.39 is 0 Å². The first-order valence-electron chi connectivity index (χ1n) is 5.54. The second-order valence-corrected chi connectivity index (χ2v) is 6.85. The second-order valence-electron chi connectivity index (χ2n) is 3.84. The number of hydrogen-bond acceptors (Lipinski definition) is 5. The Morgan fingerprint density at radius 1 is 1.44 bits per heavy atom. The number of esters is 1. The molecule has 0 aliphatic carbocycles. The van der Waals surface area contributed by atoms with E-state index >= 15 is 0 Å². The Kier molecular flexibility index (Phi) is 5.69. The highest BCUT2D eigenvalue weighted by atomic mass is 32.2. The highest BCUT2D eigenvalue weighted by molar-refractivity contribution is 8.15. The van der Waals surface area contributed by atoms with Crippen molar-refractivity contribution >= 4 is 34.6 Å². The van der Waals surface area contributed by atoms with E-state index in [1.54, 1.807) is 18.7 Å². The van der Waals surface area contributed by atoms with Gasteiger partial charge < -0.3 is 4.74 Å². The molecular weight excluding hydrogens is 244 g/mol. The number of carbonyl (C=O) groups is 2. The predicted octanol–water partition coefficient (Wildman–Crippen LogP) is 2.48. The van der Waals surface area contributed by atoms with Gasteiger partial charge in [0.05, 0.1) is 6.61 Å². The molecule has 1 saturated heterocycles. The summed E-state index contributed by atoms with van der Waals surface area (Å²) in [5, 5.41) is 0.447. The number of rotatable bonds is 3. The van der Waals surface area contributed by atoms with Crippen LogP contribution in [-0.2, 0) is 14.3 Å². The van der Waals surface area contributed by atoms with E-state index in [2.05, 4.69) is 6.92 Å². The molecule has 0 amide bonds. The van der Waals surface area contributed by atoms with Crippen molar-refractivity contribution < 1.29 is 14.3 Å². The van der Waals surface area contributed by atoms with E-state index in [0.29, 0.717) is 11.9 Å². The van der Waals surface area contributed by atoms with Crippen LogP contribution < -0.4 is 0 Å². The molecule has 92 valence electrons. The molecule has 1 aliphatic rings. The summed E-state index contributed by atoms with van der Waals surface area (Å²) in [6.07, 6.45) is 1.98. The van der Waals surface area contributed by atoms with Crippen molar-refractivity contribution in [1.29, 1.82) is 0 Å². The fourth-order valence-electron chi connectivity index (χ4n) is 1.72. The smallest absolute Gasteiger partial charge is 0.320 e. The summed E-state index contributed by atoms with van der Waals surface area (Å²) < 4.78 is 5.06. The van der Waals surface area contributed by atoms with Crippen LogP contribution in [0, 0.1) is 0 Å². The average molecular weight is 262 g/mol. The monoisotopic (exact) mass is 262 g/mol. The molecule has 0 saturated carbocycles. The maximum absolute atomic E-state index is 11.8. The van der Waals surface area contributed by atoms with Crippen molar-refractivity contribution in [2.45, 2.75) is 49.4 Å².